The monoisotopic (exact) mass is 419 g/mol. The van der Waals surface area contributed by atoms with Crippen molar-refractivity contribution in [2.45, 2.75) is 39.0 Å². The molecule has 0 radical (unpaired) electrons. The number of nitrogen functional groups attached to an aromatic ring is 1. The molecule has 0 fully saturated rings. The Balaban J connectivity index is 1.80. The van der Waals surface area contributed by atoms with Crippen LogP contribution in [0.25, 0.3) is 22.4 Å². The van der Waals surface area contributed by atoms with Crippen molar-refractivity contribution in [2.24, 2.45) is 0 Å². The van der Waals surface area contributed by atoms with Crippen LogP contribution >= 0.6 is 11.6 Å². The van der Waals surface area contributed by atoms with E-state index in [1.54, 1.807) is 0 Å². The highest BCUT2D eigenvalue weighted by Crippen LogP contribution is 2.32. The van der Waals surface area contributed by atoms with Crippen molar-refractivity contribution in [1.82, 2.24) is 4.98 Å². The van der Waals surface area contributed by atoms with Gasteiger partial charge >= 0.3 is 0 Å². The van der Waals surface area contributed by atoms with Crippen molar-refractivity contribution in [3.05, 3.63) is 65.2 Å². The molecular weight excluding hydrogens is 394 g/mol. The Kier molecular flexibility index (Phi) is 7.70. The minimum atomic E-state index is 0.206. The Morgan fingerprint density at radius 3 is 2.47 bits per heavy atom. The van der Waals surface area contributed by atoms with Crippen LogP contribution in [0.3, 0.4) is 0 Å². The number of benzene rings is 2. The van der Waals surface area contributed by atoms with E-state index in [1.807, 2.05) is 54.6 Å². The number of ether oxygens (including phenoxy) is 1. The van der Waals surface area contributed by atoms with Crippen LogP contribution < -0.4 is 10.5 Å². The molecule has 5 heteroatoms. The second-order valence-corrected chi connectivity index (χ2v) is 7.66. The second kappa shape index (κ2) is 10.7. The molecule has 2 N–H and O–H groups in total. The average Bonchev–Trinajstić information content (AvgIpc) is 2.76. The molecule has 3 aromatic rings. The maximum absolute atomic E-state index is 9.61. The number of unbranched alkanes of at least 4 members (excludes halogenated alkanes) is 4. The van der Waals surface area contributed by atoms with Crippen molar-refractivity contribution in [3.8, 4) is 34.2 Å². The number of hydrogen-bond acceptors (Lipinski definition) is 4. The van der Waals surface area contributed by atoms with Gasteiger partial charge in [-0.1, -0.05) is 68.5 Å². The van der Waals surface area contributed by atoms with Crippen molar-refractivity contribution in [1.29, 1.82) is 5.26 Å². The Morgan fingerprint density at radius 2 is 1.77 bits per heavy atom. The van der Waals surface area contributed by atoms with Gasteiger partial charge in [0.15, 0.2) is 0 Å². The third-order valence-electron chi connectivity index (χ3n) is 4.96. The molecule has 1 heterocycles. The van der Waals surface area contributed by atoms with Crippen molar-refractivity contribution < 1.29 is 4.74 Å². The van der Waals surface area contributed by atoms with E-state index in [-0.39, 0.29) is 5.82 Å². The van der Waals surface area contributed by atoms with Gasteiger partial charge in [0.1, 0.15) is 23.2 Å². The van der Waals surface area contributed by atoms with Crippen LogP contribution in [-0.4, -0.2) is 11.6 Å². The highest BCUT2D eigenvalue weighted by Gasteiger charge is 2.14. The lowest BCUT2D eigenvalue weighted by Crippen LogP contribution is -2.00. The predicted octanol–water partition coefficient (Wildman–Crippen LogP) is 6.87. The van der Waals surface area contributed by atoms with Crippen LogP contribution in [0.5, 0.6) is 5.75 Å². The van der Waals surface area contributed by atoms with E-state index in [1.165, 1.54) is 25.7 Å². The number of hydrogen-bond donors (Lipinski definition) is 1. The molecule has 0 atom stereocenters. The maximum Gasteiger partial charge on any atom is 0.142 e. The summed E-state index contributed by atoms with van der Waals surface area (Å²) in [6.07, 6.45) is 6.03. The van der Waals surface area contributed by atoms with Gasteiger partial charge in [0.05, 0.1) is 12.3 Å². The summed E-state index contributed by atoms with van der Waals surface area (Å²) in [7, 11) is 0. The van der Waals surface area contributed by atoms with Gasteiger partial charge in [-0.3, -0.25) is 0 Å². The van der Waals surface area contributed by atoms with E-state index in [2.05, 4.69) is 18.0 Å². The van der Waals surface area contributed by atoms with Gasteiger partial charge in [-0.05, 0) is 42.3 Å². The molecule has 1 aromatic heterocycles. The first-order chi connectivity index (χ1) is 14.6. The zero-order chi connectivity index (χ0) is 21.3. The molecule has 0 spiro atoms. The SMILES string of the molecule is CCCCCCCOc1ccc(-c2cc(-c3cccc(Cl)c3)nc(N)c2C#N)cc1. The highest BCUT2D eigenvalue weighted by molar-refractivity contribution is 6.30. The van der Waals surface area contributed by atoms with Gasteiger partial charge in [0, 0.05) is 16.1 Å². The van der Waals surface area contributed by atoms with E-state index in [4.69, 9.17) is 22.1 Å². The molecular formula is C25H26ClN3O. The summed E-state index contributed by atoms with van der Waals surface area (Å²) in [6, 6.07) is 19.2. The second-order valence-electron chi connectivity index (χ2n) is 7.22. The number of aromatic nitrogens is 1. The fourth-order valence-electron chi connectivity index (χ4n) is 3.33. The standard InChI is InChI=1S/C25H26ClN3O/c1-2-3-4-5-6-14-30-21-12-10-18(11-13-21)22-16-24(29-25(28)23(22)17-27)19-8-7-9-20(26)15-19/h7-13,15-16H,2-6,14H2,1H3,(H2,28,29). The number of nitrogens with zero attached hydrogens (tertiary/aromatic N) is 2. The molecule has 0 aliphatic carbocycles. The van der Waals surface area contributed by atoms with Gasteiger partial charge in [-0.15, -0.1) is 0 Å². The number of nitrogens with two attached hydrogens (primary N) is 1. The zero-order valence-corrected chi connectivity index (χ0v) is 18.0. The summed E-state index contributed by atoms with van der Waals surface area (Å²) in [5.41, 5.74) is 9.62. The lowest BCUT2D eigenvalue weighted by molar-refractivity contribution is 0.304. The van der Waals surface area contributed by atoms with Gasteiger partial charge < -0.3 is 10.5 Å². The first-order valence-corrected chi connectivity index (χ1v) is 10.7. The van der Waals surface area contributed by atoms with E-state index >= 15 is 0 Å². The predicted molar refractivity (Wildman–Crippen MR) is 124 cm³/mol. The van der Waals surface area contributed by atoms with Crippen LogP contribution in [0.4, 0.5) is 5.82 Å². The zero-order valence-electron chi connectivity index (χ0n) is 17.2. The molecule has 4 nitrogen and oxygen atoms in total. The van der Waals surface area contributed by atoms with Crippen molar-refractivity contribution in [3.63, 3.8) is 0 Å². The minimum Gasteiger partial charge on any atom is -0.494 e. The Hall–Kier alpha value is -3.03. The summed E-state index contributed by atoms with van der Waals surface area (Å²) in [5.74, 6) is 1.03. The molecule has 154 valence electrons. The summed E-state index contributed by atoms with van der Waals surface area (Å²) in [5, 5.41) is 10.2. The number of pyridine rings is 1. The Bertz CT molecular complexity index is 1030. The fraction of sp³-hybridized carbons (Fsp3) is 0.280. The van der Waals surface area contributed by atoms with Gasteiger partial charge in [-0.2, -0.15) is 5.26 Å². The number of anilines is 1. The fourth-order valence-corrected chi connectivity index (χ4v) is 3.52. The Morgan fingerprint density at radius 1 is 1.00 bits per heavy atom. The quantitative estimate of drug-likeness (QED) is 0.384. The minimum absolute atomic E-state index is 0.206. The topological polar surface area (TPSA) is 71.9 Å². The van der Waals surface area contributed by atoms with E-state index in [0.717, 1.165) is 28.9 Å². The molecule has 0 saturated carbocycles. The normalized spacial score (nSPS) is 10.6. The summed E-state index contributed by atoms with van der Waals surface area (Å²) in [6.45, 7) is 2.93. The molecule has 0 aliphatic rings. The number of rotatable bonds is 9. The molecule has 30 heavy (non-hydrogen) atoms. The van der Waals surface area contributed by atoms with Crippen LogP contribution in [0.1, 0.15) is 44.6 Å². The Labute approximate surface area is 183 Å². The van der Waals surface area contributed by atoms with Crippen LogP contribution in [0.15, 0.2) is 54.6 Å². The van der Waals surface area contributed by atoms with E-state index in [9.17, 15) is 5.26 Å². The van der Waals surface area contributed by atoms with E-state index in [0.29, 0.717) is 22.9 Å². The largest absolute Gasteiger partial charge is 0.494 e. The van der Waals surface area contributed by atoms with Crippen LogP contribution in [-0.2, 0) is 0 Å². The molecule has 0 saturated heterocycles. The lowest BCUT2D eigenvalue weighted by atomic mass is 9.98. The maximum atomic E-state index is 9.61. The third-order valence-corrected chi connectivity index (χ3v) is 5.20. The molecule has 2 aromatic carbocycles. The third kappa shape index (κ3) is 5.52. The molecule has 0 aliphatic heterocycles. The molecule has 3 rings (SSSR count). The number of halogens is 1. The van der Waals surface area contributed by atoms with Gasteiger partial charge in [0.2, 0.25) is 0 Å². The first kappa shape index (κ1) is 21.7. The van der Waals surface area contributed by atoms with Crippen molar-refractivity contribution in [2.75, 3.05) is 12.3 Å². The van der Waals surface area contributed by atoms with Gasteiger partial charge in [0.25, 0.3) is 0 Å². The lowest BCUT2D eigenvalue weighted by Gasteiger charge is -2.11. The van der Waals surface area contributed by atoms with Gasteiger partial charge in [-0.25, -0.2) is 4.98 Å². The average molecular weight is 420 g/mol. The molecule has 0 amide bonds. The van der Waals surface area contributed by atoms with Crippen LogP contribution in [0, 0.1) is 11.3 Å². The highest BCUT2D eigenvalue weighted by atomic mass is 35.5. The first-order valence-electron chi connectivity index (χ1n) is 10.3. The summed E-state index contributed by atoms with van der Waals surface area (Å²) >= 11 is 6.12. The summed E-state index contributed by atoms with van der Waals surface area (Å²) in [4.78, 5) is 4.40. The van der Waals surface area contributed by atoms with Crippen molar-refractivity contribution >= 4 is 17.4 Å². The smallest absolute Gasteiger partial charge is 0.142 e. The molecule has 0 unspecified atom stereocenters. The molecule has 0 bridgehead atoms. The van der Waals surface area contributed by atoms with Crippen LogP contribution in [0.2, 0.25) is 5.02 Å². The summed E-state index contributed by atoms with van der Waals surface area (Å²) < 4.78 is 5.85. The number of nitriles is 1. The van der Waals surface area contributed by atoms with E-state index < -0.39 is 0 Å².